The maximum atomic E-state index is 13.3. The fourth-order valence-corrected chi connectivity index (χ4v) is 4.34. The van der Waals surface area contributed by atoms with Crippen molar-refractivity contribution in [2.24, 2.45) is 0 Å². The van der Waals surface area contributed by atoms with Gasteiger partial charge < -0.3 is 9.64 Å². The van der Waals surface area contributed by atoms with Gasteiger partial charge in [0.05, 0.1) is 5.56 Å². The highest BCUT2D eigenvalue weighted by molar-refractivity contribution is 5.45. The van der Waals surface area contributed by atoms with Crippen molar-refractivity contribution in [2.75, 3.05) is 18.0 Å². The van der Waals surface area contributed by atoms with E-state index < -0.39 is 17.3 Å². The molecular formula is C21H20F3N5O. The number of hydrogen-bond acceptors (Lipinski definition) is 5. The molecule has 0 aliphatic carbocycles. The lowest BCUT2D eigenvalue weighted by molar-refractivity contribution is -0.139. The minimum Gasteiger partial charge on any atom is -0.487 e. The molecule has 1 saturated heterocycles. The zero-order chi connectivity index (χ0) is 20.8. The number of fused-ring (bicyclic) bond motifs is 1. The first-order chi connectivity index (χ1) is 14.4. The van der Waals surface area contributed by atoms with Gasteiger partial charge in [0, 0.05) is 43.9 Å². The normalized spacial score (nSPS) is 18.2. The molecule has 0 atom stereocenters. The Labute approximate surface area is 171 Å². The van der Waals surface area contributed by atoms with Gasteiger partial charge in [-0.3, -0.25) is 4.57 Å². The molecule has 0 saturated carbocycles. The number of alkyl halides is 3. The molecule has 30 heavy (non-hydrogen) atoms. The van der Waals surface area contributed by atoms with Gasteiger partial charge in [0.2, 0.25) is 0 Å². The lowest BCUT2D eigenvalue weighted by Gasteiger charge is -2.45. The molecule has 1 spiro atoms. The van der Waals surface area contributed by atoms with Crippen molar-refractivity contribution >= 4 is 5.82 Å². The molecule has 0 unspecified atom stereocenters. The van der Waals surface area contributed by atoms with E-state index in [0.717, 1.165) is 24.7 Å². The highest BCUT2D eigenvalue weighted by Gasteiger charge is 2.43. The molecule has 3 aromatic rings. The molecule has 4 heterocycles. The maximum absolute atomic E-state index is 13.3. The zero-order valence-corrected chi connectivity index (χ0v) is 16.1. The van der Waals surface area contributed by atoms with Crippen molar-refractivity contribution < 1.29 is 17.9 Å². The first-order valence-corrected chi connectivity index (χ1v) is 9.89. The van der Waals surface area contributed by atoms with E-state index in [9.17, 15) is 13.2 Å². The minimum absolute atomic E-state index is 0.277. The van der Waals surface area contributed by atoms with Gasteiger partial charge in [0.25, 0.3) is 0 Å². The molecular weight excluding hydrogens is 395 g/mol. The average molecular weight is 415 g/mol. The number of nitrogens with zero attached hydrogens (tertiary/aromatic N) is 5. The van der Waals surface area contributed by atoms with Crippen LogP contribution in [-0.4, -0.2) is 38.4 Å². The van der Waals surface area contributed by atoms with Crippen LogP contribution in [0.4, 0.5) is 19.0 Å². The Morgan fingerprint density at radius 3 is 2.40 bits per heavy atom. The average Bonchev–Trinajstić information content (AvgIpc) is 3.28. The summed E-state index contributed by atoms with van der Waals surface area (Å²) in [5.41, 5.74) is -0.725. The third-order valence-electron chi connectivity index (χ3n) is 6.00. The number of imidazole rings is 1. The van der Waals surface area contributed by atoms with Crippen LogP contribution >= 0.6 is 0 Å². The minimum atomic E-state index is -4.36. The predicted molar refractivity (Wildman–Crippen MR) is 104 cm³/mol. The first kappa shape index (κ1) is 18.9. The Bertz CT molecular complexity index is 1030. The fraction of sp³-hybridized carbons (Fsp3) is 0.381. The lowest BCUT2D eigenvalue weighted by atomic mass is 9.82. The van der Waals surface area contributed by atoms with Gasteiger partial charge in [-0.15, -0.1) is 10.2 Å². The summed E-state index contributed by atoms with van der Waals surface area (Å²) in [6.07, 6.45) is 3.22. The summed E-state index contributed by atoms with van der Waals surface area (Å²) >= 11 is 0. The van der Waals surface area contributed by atoms with Gasteiger partial charge in [0.1, 0.15) is 17.7 Å². The quantitative estimate of drug-likeness (QED) is 0.632. The SMILES string of the molecule is FC(F)(F)c1cccc2c1CCC1(CCN(c3ccc(-n4ccnc4)nn3)CC1)O2. The van der Waals surface area contributed by atoms with Crippen molar-refractivity contribution in [1.29, 1.82) is 0 Å². The van der Waals surface area contributed by atoms with Crippen molar-refractivity contribution in [3.8, 4) is 11.6 Å². The summed E-state index contributed by atoms with van der Waals surface area (Å²) in [7, 11) is 0. The van der Waals surface area contributed by atoms with Gasteiger partial charge in [-0.2, -0.15) is 13.2 Å². The summed E-state index contributed by atoms with van der Waals surface area (Å²) < 4.78 is 47.8. The Balaban J connectivity index is 1.28. The molecule has 0 bridgehead atoms. The van der Waals surface area contributed by atoms with Crippen molar-refractivity contribution in [3.05, 3.63) is 60.2 Å². The van der Waals surface area contributed by atoms with E-state index >= 15 is 0 Å². The molecule has 2 aliphatic rings. The largest absolute Gasteiger partial charge is 0.487 e. The van der Waals surface area contributed by atoms with Crippen LogP contribution in [0.15, 0.2) is 49.1 Å². The Hall–Kier alpha value is -3.10. The fourth-order valence-electron chi connectivity index (χ4n) is 4.34. The Kier molecular flexibility index (Phi) is 4.41. The second-order valence-electron chi connectivity index (χ2n) is 7.77. The highest BCUT2D eigenvalue weighted by Crippen LogP contribution is 2.44. The van der Waals surface area contributed by atoms with Crippen LogP contribution in [-0.2, 0) is 12.6 Å². The summed E-state index contributed by atoms with van der Waals surface area (Å²) in [5, 5.41) is 8.58. The van der Waals surface area contributed by atoms with Crippen molar-refractivity contribution in [2.45, 2.75) is 37.5 Å². The van der Waals surface area contributed by atoms with Gasteiger partial charge in [0.15, 0.2) is 11.6 Å². The molecule has 2 aromatic heterocycles. The Morgan fingerprint density at radius 2 is 1.73 bits per heavy atom. The highest BCUT2D eigenvalue weighted by atomic mass is 19.4. The van der Waals surface area contributed by atoms with Crippen LogP contribution in [0.5, 0.6) is 5.75 Å². The van der Waals surface area contributed by atoms with Crippen LogP contribution in [0.2, 0.25) is 0 Å². The lowest BCUT2D eigenvalue weighted by Crippen LogP contribution is -2.50. The van der Waals surface area contributed by atoms with E-state index in [1.165, 1.54) is 6.07 Å². The van der Waals surface area contributed by atoms with E-state index in [4.69, 9.17) is 4.74 Å². The predicted octanol–water partition coefficient (Wildman–Crippen LogP) is 4.05. The third kappa shape index (κ3) is 3.38. The van der Waals surface area contributed by atoms with Gasteiger partial charge in [-0.05, 0) is 37.1 Å². The summed E-state index contributed by atoms with van der Waals surface area (Å²) in [6, 6.07) is 8.02. The number of anilines is 1. The smallest absolute Gasteiger partial charge is 0.416 e. The third-order valence-corrected chi connectivity index (χ3v) is 6.00. The zero-order valence-electron chi connectivity index (χ0n) is 16.1. The van der Waals surface area contributed by atoms with Crippen LogP contribution in [0.1, 0.15) is 30.4 Å². The van der Waals surface area contributed by atoms with E-state index in [1.807, 2.05) is 12.1 Å². The molecule has 1 fully saturated rings. The molecule has 2 aliphatic heterocycles. The standard InChI is InChI=1S/C21H20F3N5O/c22-21(23,24)16-2-1-3-17-15(16)6-7-20(30-17)8-11-28(12-9-20)18-4-5-19(27-26-18)29-13-10-25-14-29/h1-5,10,13-14H,6-9,11-12H2. The second-order valence-corrected chi connectivity index (χ2v) is 7.77. The molecule has 0 radical (unpaired) electrons. The molecule has 1 aromatic carbocycles. The van der Waals surface area contributed by atoms with Gasteiger partial charge in [-0.25, -0.2) is 4.98 Å². The van der Waals surface area contributed by atoms with Crippen molar-refractivity contribution in [3.63, 3.8) is 0 Å². The second kappa shape index (κ2) is 7.00. The maximum Gasteiger partial charge on any atom is 0.416 e. The summed E-state index contributed by atoms with van der Waals surface area (Å²) in [4.78, 5) is 6.14. The van der Waals surface area contributed by atoms with Crippen LogP contribution < -0.4 is 9.64 Å². The topological polar surface area (TPSA) is 56.1 Å². The van der Waals surface area contributed by atoms with E-state index in [0.29, 0.717) is 37.5 Å². The summed E-state index contributed by atoms with van der Waals surface area (Å²) in [5.74, 6) is 1.84. The van der Waals surface area contributed by atoms with E-state index in [1.54, 1.807) is 29.4 Å². The van der Waals surface area contributed by atoms with Crippen LogP contribution in [0.25, 0.3) is 5.82 Å². The number of hydrogen-bond donors (Lipinski definition) is 0. The number of piperidine rings is 1. The number of halogens is 3. The molecule has 6 nitrogen and oxygen atoms in total. The van der Waals surface area contributed by atoms with Gasteiger partial charge >= 0.3 is 6.18 Å². The molecule has 156 valence electrons. The number of benzene rings is 1. The van der Waals surface area contributed by atoms with E-state index in [2.05, 4.69) is 20.1 Å². The summed E-state index contributed by atoms with van der Waals surface area (Å²) in [6.45, 7) is 1.43. The number of aromatic nitrogens is 4. The van der Waals surface area contributed by atoms with Crippen molar-refractivity contribution in [1.82, 2.24) is 19.7 Å². The van der Waals surface area contributed by atoms with Crippen LogP contribution in [0.3, 0.4) is 0 Å². The molecule has 0 N–H and O–H groups in total. The molecule has 0 amide bonds. The van der Waals surface area contributed by atoms with Gasteiger partial charge in [-0.1, -0.05) is 6.07 Å². The first-order valence-electron chi connectivity index (χ1n) is 9.89. The molecule has 9 heteroatoms. The Morgan fingerprint density at radius 1 is 0.967 bits per heavy atom. The molecule has 5 rings (SSSR count). The van der Waals surface area contributed by atoms with Crippen LogP contribution in [0, 0.1) is 0 Å². The monoisotopic (exact) mass is 415 g/mol. The number of rotatable bonds is 2. The van der Waals surface area contributed by atoms with E-state index in [-0.39, 0.29) is 5.56 Å². The number of ether oxygens (including phenoxy) is 1.